The molecule has 1 heterocycles. The van der Waals surface area contributed by atoms with Crippen molar-refractivity contribution in [1.29, 1.82) is 0 Å². The minimum atomic E-state index is 1.31. The molecule has 0 unspecified atom stereocenters. The summed E-state index contributed by atoms with van der Waals surface area (Å²) >= 11 is 0. The summed E-state index contributed by atoms with van der Waals surface area (Å²) in [7, 11) is 19.5. The van der Waals surface area contributed by atoms with E-state index in [1.165, 1.54) is 127 Å². The Morgan fingerprint density at radius 3 is 0.667 bits per heavy atom. The molecule has 30 heavy (non-hydrogen) atoms. The minimum absolute atomic E-state index is 1.31. The molecule has 0 aromatic rings. The molecular weight excluding hydrogens is 561 g/mol. The van der Waals surface area contributed by atoms with E-state index in [0.717, 1.165) is 0 Å². The number of hydrogen-bond acceptors (Lipinski definition) is 10. The summed E-state index contributed by atoms with van der Waals surface area (Å²) in [4.78, 5) is 0. The molecule has 1 rings (SSSR count). The third-order valence-electron chi connectivity index (χ3n) is 5.00. The first-order valence-electron chi connectivity index (χ1n) is 11.6. The van der Waals surface area contributed by atoms with Gasteiger partial charge in [-0.1, -0.05) is 124 Å². The molecule has 0 saturated carbocycles. The Hall–Kier alpha value is 3.50. The standard InChI is InChI=1S/C20H40S10/c1-2-4-6-8-10-12-14-16-18-20-22-24-26-28-30-29-27-25-23-21-19-17-15-13-11-9-7-5-3-1/h1-20H2. The molecule has 0 nitrogen and oxygen atoms in total. The van der Waals surface area contributed by atoms with Crippen molar-refractivity contribution in [3.05, 3.63) is 0 Å². The van der Waals surface area contributed by atoms with Gasteiger partial charge in [0.15, 0.2) is 0 Å². The maximum atomic E-state index is 2.04. The molecule has 0 bridgehead atoms. The Morgan fingerprint density at radius 2 is 0.400 bits per heavy atom. The Bertz CT molecular complexity index is 175. The van der Waals surface area contributed by atoms with E-state index >= 15 is 0 Å². The van der Waals surface area contributed by atoms with Gasteiger partial charge in [-0.25, -0.2) is 0 Å². The van der Waals surface area contributed by atoms with E-state index in [9.17, 15) is 0 Å². The summed E-state index contributed by atoms with van der Waals surface area (Å²) in [5.41, 5.74) is 0. The summed E-state index contributed by atoms with van der Waals surface area (Å²) in [6.45, 7) is 0. The molecule has 10 heteroatoms. The second kappa shape index (κ2) is 28.7. The van der Waals surface area contributed by atoms with Gasteiger partial charge in [0.25, 0.3) is 0 Å². The largest absolute Gasteiger partial charge is 0.0817 e. The molecule has 0 aromatic heterocycles. The molecule has 0 spiro atoms. The molecular formula is C20H40S10. The van der Waals surface area contributed by atoms with Gasteiger partial charge in [0, 0.05) is 11.5 Å². The third-order valence-corrected chi connectivity index (χ3v) is 25.0. The molecule has 0 amide bonds. The van der Waals surface area contributed by atoms with Gasteiger partial charge in [-0.2, -0.15) is 0 Å². The minimum Gasteiger partial charge on any atom is -0.0817 e. The Labute approximate surface area is 224 Å². The lowest BCUT2D eigenvalue weighted by atomic mass is 10.0. The Balaban J connectivity index is 2.00. The van der Waals surface area contributed by atoms with Crippen LogP contribution in [-0.2, 0) is 0 Å². The summed E-state index contributed by atoms with van der Waals surface area (Å²) in [6.07, 6.45) is 26.2. The van der Waals surface area contributed by atoms with Crippen molar-refractivity contribution in [2.24, 2.45) is 0 Å². The van der Waals surface area contributed by atoms with Crippen LogP contribution < -0.4 is 0 Å². The van der Waals surface area contributed by atoms with Crippen LogP contribution in [0.5, 0.6) is 0 Å². The van der Waals surface area contributed by atoms with Crippen molar-refractivity contribution >= 4 is 100 Å². The summed E-state index contributed by atoms with van der Waals surface area (Å²) in [6, 6.07) is 0. The van der Waals surface area contributed by atoms with Crippen LogP contribution in [0, 0.1) is 0 Å². The monoisotopic (exact) mass is 600 g/mol. The molecule has 1 aliphatic rings. The van der Waals surface area contributed by atoms with Crippen LogP contribution in [0.3, 0.4) is 0 Å². The van der Waals surface area contributed by atoms with Gasteiger partial charge in [-0.3, -0.25) is 0 Å². The highest BCUT2D eigenvalue weighted by atomic mass is 34.0. The predicted octanol–water partition coefficient (Wildman–Crippen LogP) is 13.6. The van der Waals surface area contributed by atoms with E-state index in [4.69, 9.17) is 0 Å². The SMILES string of the molecule is C1CCCCCCCCCCSSSSSSSSSSCCCCCCCCC1. The average molecular weight is 601 g/mol. The van der Waals surface area contributed by atoms with Crippen LogP contribution in [-0.4, -0.2) is 11.5 Å². The topological polar surface area (TPSA) is 0 Å². The number of hydrogen-bond donors (Lipinski definition) is 0. The molecule has 1 fully saturated rings. The first-order valence-corrected chi connectivity index (χ1v) is 24.7. The van der Waals surface area contributed by atoms with Crippen LogP contribution in [0.4, 0.5) is 0 Å². The van der Waals surface area contributed by atoms with Crippen molar-refractivity contribution in [2.75, 3.05) is 11.5 Å². The van der Waals surface area contributed by atoms with Crippen molar-refractivity contribution in [1.82, 2.24) is 0 Å². The van der Waals surface area contributed by atoms with Crippen molar-refractivity contribution < 1.29 is 0 Å². The molecule has 1 aliphatic heterocycles. The zero-order valence-corrected chi connectivity index (χ0v) is 26.4. The maximum absolute atomic E-state index is 2.04. The second-order valence-electron chi connectivity index (χ2n) is 7.55. The molecule has 0 aliphatic carbocycles. The van der Waals surface area contributed by atoms with E-state index in [1.807, 2.05) is 100 Å². The smallest absolute Gasteiger partial charge is 0.00454 e. The van der Waals surface area contributed by atoms with Crippen LogP contribution in [0.1, 0.15) is 116 Å². The first kappa shape index (κ1) is 31.5. The molecule has 0 N–H and O–H groups in total. The fourth-order valence-corrected chi connectivity index (χ4v) is 26.1. The van der Waals surface area contributed by atoms with E-state index in [2.05, 4.69) is 0 Å². The van der Waals surface area contributed by atoms with E-state index in [1.54, 1.807) is 0 Å². The summed E-state index contributed by atoms with van der Waals surface area (Å²) in [5.74, 6) is 2.63. The van der Waals surface area contributed by atoms with E-state index in [0.29, 0.717) is 0 Å². The molecule has 180 valence electrons. The molecule has 0 atom stereocenters. The second-order valence-corrected chi connectivity index (χ2v) is 24.4. The summed E-state index contributed by atoms with van der Waals surface area (Å²) < 4.78 is 0. The van der Waals surface area contributed by atoms with Gasteiger partial charge in [0.05, 0.1) is 0 Å². The Morgan fingerprint density at radius 1 is 0.200 bits per heavy atom. The maximum Gasteiger partial charge on any atom is 0.00454 e. The van der Waals surface area contributed by atoms with Gasteiger partial charge in [0.2, 0.25) is 0 Å². The fraction of sp³-hybridized carbons (Fsp3) is 1.00. The highest BCUT2D eigenvalue weighted by molar-refractivity contribution is 9.52. The van der Waals surface area contributed by atoms with Gasteiger partial charge < -0.3 is 0 Å². The lowest BCUT2D eigenvalue weighted by Gasteiger charge is -2.04. The molecule has 0 radical (unpaired) electrons. The van der Waals surface area contributed by atoms with Crippen LogP contribution in [0.2, 0.25) is 0 Å². The fourth-order valence-electron chi connectivity index (χ4n) is 3.33. The van der Waals surface area contributed by atoms with Gasteiger partial charge in [-0.15, -0.1) is 0 Å². The molecule has 1 saturated heterocycles. The van der Waals surface area contributed by atoms with Crippen LogP contribution >= 0.6 is 100 Å². The third kappa shape index (κ3) is 26.1. The van der Waals surface area contributed by atoms with Gasteiger partial charge in [-0.05, 0) is 91.4 Å². The average Bonchev–Trinajstić information content (AvgIpc) is 2.76. The highest BCUT2D eigenvalue weighted by Gasteiger charge is 1.99. The first-order chi connectivity index (χ1) is 15.0. The van der Waals surface area contributed by atoms with E-state index in [-0.39, 0.29) is 0 Å². The van der Waals surface area contributed by atoms with Gasteiger partial charge >= 0.3 is 0 Å². The lowest BCUT2D eigenvalue weighted by molar-refractivity contribution is 0.527. The van der Waals surface area contributed by atoms with Crippen LogP contribution in [0.15, 0.2) is 0 Å². The summed E-state index contributed by atoms with van der Waals surface area (Å²) in [5, 5.41) is 0. The zero-order valence-electron chi connectivity index (χ0n) is 18.2. The van der Waals surface area contributed by atoms with Crippen molar-refractivity contribution in [2.45, 2.75) is 116 Å². The highest BCUT2D eigenvalue weighted by Crippen LogP contribution is 2.59. The quantitative estimate of drug-likeness (QED) is 0.245. The lowest BCUT2D eigenvalue weighted by Crippen LogP contribution is -1.84. The van der Waals surface area contributed by atoms with Crippen molar-refractivity contribution in [3.63, 3.8) is 0 Å². The van der Waals surface area contributed by atoms with E-state index < -0.39 is 0 Å². The van der Waals surface area contributed by atoms with Crippen molar-refractivity contribution in [3.8, 4) is 0 Å². The predicted molar refractivity (Wildman–Crippen MR) is 169 cm³/mol. The van der Waals surface area contributed by atoms with Crippen LogP contribution in [0.25, 0.3) is 0 Å². The molecule has 0 aromatic carbocycles. The normalized spacial score (nSPS) is 24.0. The van der Waals surface area contributed by atoms with Gasteiger partial charge in [0.1, 0.15) is 0 Å². The Kier molecular flexibility index (Phi) is 30.2. The number of rotatable bonds is 0. The zero-order chi connectivity index (χ0) is 21.2.